The van der Waals surface area contributed by atoms with Crippen molar-refractivity contribution in [1.82, 2.24) is 15.1 Å². The summed E-state index contributed by atoms with van der Waals surface area (Å²) in [6, 6.07) is 1.10. The normalized spacial score (nSPS) is 25.4. The van der Waals surface area contributed by atoms with Crippen LogP contribution in [0.15, 0.2) is 0 Å². The van der Waals surface area contributed by atoms with E-state index in [-0.39, 0.29) is 0 Å². The standard InChI is InChI=1S/C16H31N3O/c1-4-9-17-13(2)14-6-5-10-19(11-14)12-16(20)18(3)15-7-8-15/h13-15,17H,4-12H2,1-3H3. The topological polar surface area (TPSA) is 35.6 Å². The third kappa shape index (κ3) is 4.45. The Morgan fingerprint density at radius 2 is 2.15 bits per heavy atom. The Balaban J connectivity index is 1.76. The van der Waals surface area contributed by atoms with E-state index in [0.29, 0.717) is 30.5 Å². The van der Waals surface area contributed by atoms with E-state index in [4.69, 9.17) is 0 Å². The number of nitrogens with one attached hydrogen (secondary N) is 1. The van der Waals surface area contributed by atoms with Crippen LogP contribution in [-0.4, -0.2) is 61.0 Å². The summed E-state index contributed by atoms with van der Waals surface area (Å²) in [6.07, 6.45) is 6.10. The molecule has 1 N–H and O–H groups in total. The molecule has 1 heterocycles. The van der Waals surface area contributed by atoms with Gasteiger partial charge in [-0.1, -0.05) is 6.92 Å². The molecule has 0 aromatic carbocycles. The fourth-order valence-corrected chi connectivity index (χ4v) is 3.15. The molecule has 0 radical (unpaired) electrons. The van der Waals surface area contributed by atoms with Crippen molar-refractivity contribution >= 4 is 5.91 Å². The van der Waals surface area contributed by atoms with Crippen molar-refractivity contribution < 1.29 is 4.79 Å². The maximum absolute atomic E-state index is 12.2. The van der Waals surface area contributed by atoms with Gasteiger partial charge in [-0.25, -0.2) is 0 Å². The van der Waals surface area contributed by atoms with Crippen molar-refractivity contribution in [3.8, 4) is 0 Å². The van der Waals surface area contributed by atoms with E-state index in [1.807, 2.05) is 11.9 Å². The first-order valence-electron chi connectivity index (χ1n) is 8.33. The van der Waals surface area contributed by atoms with E-state index in [9.17, 15) is 4.79 Å². The molecule has 1 aliphatic heterocycles. The molecule has 1 aliphatic carbocycles. The molecule has 1 amide bonds. The lowest BCUT2D eigenvalue weighted by atomic mass is 9.91. The minimum atomic E-state index is 0.308. The van der Waals surface area contributed by atoms with Gasteiger partial charge in [0.15, 0.2) is 0 Å². The van der Waals surface area contributed by atoms with E-state index in [1.165, 1.54) is 32.1 Å². The molecule has 4 heteroatoms. The molecule has 1 saturated carbocycles. The summed E-state index contributed by atoms with van der Waals surface area (Å²) < 4.78 is 0. The molecule has 2 fully saturated rings. The van der Waals surface area contributed by atoms with E-state index in [0.717, 1.165) is 19.6 Å². The Kier molecular flexibility index (Phi) is 5.85. The fraction of sp³-hybridized carbons (Fsp3) is 0.938. The molecule has 0 spiro atoms. The van der Waals surface area contributed by atoms with Gasteiger partial charge >= 0.3 is 0 Å². The van der Waals surface area contributed by atoms with Gasteiger partial charge in [-0.05, 0) is 58.0 Å². The highest BCUT2D eigenvalue weighted by molar-refractivity contribution is 5.78. The largest absolute Gasteiger partial charge is 0.342 e. The van der Waals surface area contributed by atoms with Crippen LogP contribution in [0, 0.1) is 5.92 Å². The summed E-state index contributed by atoms with van der Waals surface area (Å²) in [4.78, 5) is 16.5. The third-order valence-corrected chi connectivity index (χ3v) is 4.81. The number of rotatable bonds is 7. The minimum absolute atomic E-state index is 0.308. The Hall–Kier alpha value is -0.610. The molecule has 0 bridgehead atoms. The number of likely N-dealkylation sites (tertiary alicyclic amines) is 1. The van der Waals surface area contributed by atoms with E-state index in [2.05, 4.69) is 24.1 Å². The van der Waals surface area contributed by atoms with Crippen LogP contribution in [0.2, 0.25) is 0 Å². The average Bonchev–Trinajstić information content (AvgIpc) is 3.28. The molecule has 4 nitrogen and oxygen atoms in total. The Morgan fingerprint density at radius 1 is 1.40 bits per heavy atom. The number of hydrogen-bond donors (Lipinski definition) is 1. The van der Waals surface area contributed by atoms with Gasteiger partial charge in [0.2, 0.25) is 5.91 Å². The van der Waals surface area contributed by atoms with Crippen molar-refractivity contribution in [1.29, 1.82) is 0 Å². The Labute approximate surface area is 123 Å². The van der Waals surface area contributed by atoms with Crippen LogP contribution in [-0.2, 0) is 4.79 Å². The zero-order valence-corrected chi connectivity index (χ0v) is 13.4. The van der Waals surface area contributed by atoms with Crippen LogP contribution >= 0.6 is 0 Å². The SMILES string of the molecule is CCCNC(C)C1CCCN(CC(=O)N(C)C2CC2)C1. The number of piperidine rings is 1. The van der Waals surface area contributed by atoms with Gasteiger partial charge in [-0.3, -0.25) is 9.69 Å². The summed E-state index contributed by atoms with van der Waals surface area (Å²) in [5.41, 5.74) is 0. The van der Waals surface area contributed by atoms with Gasteiger partial charge in [-0.2, -0.15) is 0 Å². The van der Waals surface area contributed by atoms with E-state index >= 15 is 0 Å². The lowest BCUT2D eigenvalue weighted by Gasteiger charge is -2.36. The van der Waals surface area contributed by atoms with Gasteiger partial charge in [0.25, 0.3) is 0 Å². The van der Waals surface area contributed by atoms with Gasteiger partial charge in [0, 0.05) is 25.7 Å². The van der Waals surface area contributed by atoms with Crippen molar-refractivity contribution in [3.05, 3.63) is 0 Å². The predicted molar refractivity (Wildman–Crippen MR) is 82.7 cm³/mol. The molecule has 2 rings (SSSR count). The predicted octanol–water partition coefficient (Wildman–Crippen LogP) is 1.71. The number of nitrogens with zero attached hydrogens (tertiary/aromatic N) is 2. The average molecular weight is 281 g/mol. The number of likely N-dealkylation sites (N-methyl/N-ethyl adjacent to an activating group) is 1. The van der Waals surface area contributed by atoms with Gasteiger partial charge < -0.3 is 10.2 Å². The second-order valence-electron chi connectivity index (χ2n) is 6.62. The van der Waals surface area contributed by atoms with Crippen molar-refractivity contribution in [2.24, 2.45) is 5.92 Å². The molecule has 116 valence electrons. The number of carbonyl (C=O) groups is 1. The van der Waals surface area contributed by atoms with Crippen LogP contribution < -0.4 is 5.32 Å². The maximum Gasteiger partial charge on any atom is 0.236 e. The lowest BCUT2D eigenvalue weighted by molar-refractivity contribution is -0.132. The highest BCUT2D eigenvalue weighted by Gasteiger charge is 2.31. The monoisotopic (exact) mass is 281 g/mol. The number of hydrogen-bond acceptors (Lipinski definition) is 3. The zero-order valence-electron chi connectivity index (χ0n) is 13.4. The Morgan fingerprint density at radius 3 is 2.80 bits per heavy atom. The van der Waals surface area contributed by atoms with E-state index < -0.39 is 0 Å². The summed E-state index contributed by atoms with van der Waals surface area (Å²) in [6.45, 7) is 8.37. The van der Waals surface area contributed by atoms with Gasteiger partial charge in [0.1, 0.15) is 0 Å². The molecular weight excluding hydrogens is 250 g/mol. The second-order valence-corrected chi connectivity index (χ2v) is 6.62. The van der Waals surface area contributed by atoms with Crippen molar-refractivity contribution in [2.75, 3.05) is 33.2 Å². The maximum atomic E-state index is 12.2. The van der Waals surface area contributed by atoms with Crippen LogP contribution in [0.25, 0.3) is 0 Å². The van der Waals surface area contributed by atoms with Crippen molar-refractivity contribution in [2.45, 2.75) is 58.0 Å². The summed E-state index contributed by atoms with van der Waals surface area (Å²) in [7, 11) is 1.97. The van der Waals surface area contributed by atoms with Crippen molar-refractivity contribution in [3.63, 3.8) is 0 Å². The van der Waals surface area contributed by atoms with Gasteiger partial charge in [-0.15, -0.1) is 0 Å². The van der Waals surface area contributed by atoms with Crippen LogP contribution in [0.5, 0.6) is 0 Å². The minimum Gasteiger partial charge on any atom is -0.342 e. The molecule has 1 saturated heterocycles. The second kappa shape index (κ2) is 7.41. The Bertz CT molecular complexity index is 317. The number of carbonyl (C=O) groups excluding carboxylic acids is 1. The number of amides is 1. The first-order chi connectivity index (χ1) is 9.61. The summed E-state index contributed by atoms with van der Waals surface area (Å²) >= 11 is 0. The lowest BCUT2D eigenvalue weighted by Crippen LogP contribution is -2.48. The van der Waals surface area contributed by atoms with Gasteiger partial charge in [0.05, 0.1) is 6.54 Å². The molecular formula is C16H31N3O. The molecule has 0 aromatic heterocycles. The van der Waals surface area contributed by atoms with Crippen LogP contribution in [0.3, 0.4) is 0 Å². The molecule has 2 atom stereocenters. The first-order valence-corrected chi connectivity index (χ1v) is 8.33. The first kappa shape index (κ1) is 15.8. The smallest absolute Gasteiger partial charge is 0.236 e. The summed E-state index contributed by atoms with van der Waals surface area (Å²) in [5, 5.41) is 3.60. The summed E-state index contributed by atoms with van der Waals surface area (Å²) in [5.74, 6) is 0.997. The quantitative estimate of drug-likeness (QED) is 0.771. The molecule has 0 aromatic rings. The highest BCUT2D eigenvalue weighted by Crippen LogP contribution is 2.26. The van der Waals surface area contributed by atoms with Crippen LogP contribution in [0.1, 0.15) is 46.0 Å². The van der Waals surface area contributed by atoms with Crippen LogP contribution in [0.4, 0.5) is 0 Å². The fourth-order valence-electron chi connectivity index (χ4n) is 3.15. The third-order valence-electron chi connectivity index (χ3n) is 4.81. The molecule has 2 aliphatic rings. The molecule has 20 heavy (non-hydrogen) atoms. The zero-order chi connectivity index (χ0) is 14.5. The highest BCUT2D eigenvalue weighted by atomic mass is 16.2. The van der Waals surface area contributed by atoms with E-state index in [1.54, 1.807) is 0 Å². The molecule has 2 unspecified atom stereocenters.